The first-order valence-corrected chi connectivity index (χ1v) is 7.00. The number of nitrogens with zero attached hydrogens (tertiary/aromatic N) is 2. The van der Waals surface area contributed by atoms with Gasteiger partial charge in [0.2, 0.25) is 0 Å². The van der Waals surface area contributed by atoms with E-state index in [4.69, 9.17) is 0 Å². The second-order valence-corrected chi connectivity index (χ2v) is 5.08. The second-order valence-electron chi connectivity index (χ2n) is 5.08. The van der Waals surface area contributed by atoms with Gasteiger partial charge < -0.3 is 4.74 Å². The minimum absolute atomic E-state index is 0.0798. The van der Waals surface area contributed by atoms with Gasteiger partial charge in [0.1, 0.15) is 5.69 Å². The van der Waals surface area contributed by atoms with Gasteiger partial charge in [-0.25, -0.2) is 4.79 Å². The monoisotopic (exact) mass is 350 g/mol. The van der Waals surface area contributed by atoms with E-state index in [2.05, 4.69) is 21.7 Å². The number of aromatic nitrogens is 2. The lowest BCUT2D eigenvalue weighted by atomic mass is 10.1. The number of aryl methyl sites for hydroxylation is 2. The fourth-order valence-electron chi connectivity index (χ4n) is 2.17. The van der Waals surface area contributed by atoms with Gasteiger partial charge in [0.15, 0.2) is 0 Å². The number of halogens is 3. The normalized spacial score (nSPS) is 10.8. The molecule has 0 aliphatic rings. The van der Waals surface area contributed by atoms with E-state index in [1.54, 1.807) is 6.92 Å². The molecule has 25 heavy (non-hydrogen) atoms. The fraction of sp³-hybridized carbons (Fsp3) is 0.235. The van der Waals surface area contributed by atoms with Gasteiger partial charge >= 0.3 is 12.1 Å². The van der Waals surface area contributed by atoms with Crippen LogP contribution in [0.15, 0.2) is 24.3 Å². The maximum atomic E-state index is 12.7. The topological polar surface area (TPSA) is 61.2 Å². The van der Waals surface area contributed by atoms with E-state index in [0.717, 1.165) is 19.2 Å². The van der Waals surface area contributed by atoms with E-state index >= 15 is 0 Å². The molecule has 0 bridgehead atoms. The highest BCUT2D eigenvalue weighted by molar-refractivity contribution is 6.40. The van der Waals surface area contributed by atoms with Crippen LogP contribution >= 0.6 is 0 Å². The third-order valence-corrected chi connectivity index (χ3v) is 3.33. The summed E-state index contributed by atoms with van der Waals surface area (Å²) in [6.45, 7) is 1.57. The van der Waals surface area contributed by atoms with Gasteiger partial charge in [0, 0.05) is 12.6 Å². The zero-order chi connectivity index (χ0) is 18.8. The highest BCUT2D eigenvalue weighted by Crippen LogP contribution is 2.29. The molecule has 1 heterocycles. The summed E-state index contributed by atoms with van der Waals surface area (Å²) >= 11 is 0. The van der Waals surface area contributed by atoms with Crippen LogP contribution in [0.1, 0.15) is 32.9 Å². The number of Topliss-reactive ketones (excluding diaryl/α,β-unsaturated/α-hetero) is 1. The Bertz CT molecular complexity index is 902. The number of methoxy groups -OCH3 is 1. The van der Waals surface area contributed by atoms with Crippen LogP contribution in [0.25, 0.3) is 0 Å². The van der Waals surface area contributed by atoms with Crippen molar-refractivity contribution in [3.8, 4) is 11.8 Å². The predicted octanol–water partition coefficient (Wildman–Crippen LogP) is 2.50. The molecule has 0 N–H and O–H groups in total. The van der Waals surface area contributed by atoms with Crippen molar-refractivity contribution in [3.63, 3.8) is 0 Å². The van der Waals surface area contributed by atoms with Gasteiger partial charge in [-0.15, -0.1) is 0 Å². The number of esters is 1. The minimum Gasteiger partial charge on any atom is -0.463 e. The lowest BCUT2D eigenvalue weighted by Crippen LogP contribution is -2.20. The molecule has 0 amide bonds. The van der Waals surface area contributed by atoms with Crippen molar-refractivity contribution in [2.75, 3.05) is 7.11 Å². The molecule has 0 aliphatic heterocycles. The SMILES string of the molecule is COC(=O)C(=O)c1c(C#Cc2cccc(C(F)(F)F)c2)c(C)nn1C. The summed E-state index contributed by atoms with van der Waals surface area (Å²) < 4.78 is 43.8. The fourth-order valence-corrected chi connectivity index (χ4v) is 2.17. The Labute approximate surface area is 141 Å². The molecule has 0 saturated carbocycles. The van der Waals surface area contributed by atoms with Gasteiger partial charge in [-0.3, -0.25) is 9.48 Å². The van der Waals surface area contributed by atoms with Gasteiger partial charge in [0.05, 0.1) is 23.9 Å². The first-order chi connectivity index (χ1) is 11.6. The smallest absolute Gasteiger partial charge is 0.416 e. The predicted molar refractivity (Wildman–Crippen MR) is 81.7 cm³/mol. The third-order valence-electron chi connectivity index (χ3n) is 3.33. The molecule has 0 aliphatic carbocycles. The summed E-state index contributed by atoms with van der Waals surface area (Å²) in [5, 5.41) is 4.02. The number of ether oxygens (including phenoxy) is 1. The first kappa shape index (κ1) is 18.3. The molecule has 5 nitrogen and oxygen atoms in total. The maximum Gasteiger partial charge on any atom is 0.416 e. The van der Waals surface area contributed by atoms with Crippen molar-refractivity contribution in [2.45, 2.75) is 13.1 Å². The molecule has 0 spiro atoms. The molecular weight excluding hydrogens is 337 g/mol. The van der Waals surface area contributed by atoms with Crippen molar-refractivity contribution in [3.05, 3.63) is 52.3 Å². The highest BCUT2D eigenvalue weighted by Gasteiger charge is 2.30. The summed E-state index contributed by atoms with van der Waals surface area (Å²) in [6.07, 6.45) is -4.48. The molecule has 1 aromatic heterocycles. The Morgan fingerprint density at radius 1 is 1.24 bits per heavy atom. The molecule has 0 radical (unpaired) electrons. The van der Waals surface area contributed by atoms with Gasteiger partial charge in [-0.1, -0.05) is 17.9 Å². The first-order valence-electron chi connectivity index (χ1n) is 7.00. The Balaban J connectivity index is 2.48. The van der Waals surface area contributed by atoms with E-state index in [0.29, 0.717) is 5.69 Å². The molecule has 2 aromatic rings. The molecule has 0 unspecified atom stereocenters. The number of carbonyl (C=O) groups excluding carboxylic acids is 2. The number of benzene rings is 1. The van der Waals surface area contributed by atoms with E-state index in [1.807, 2.05) is 0 Å². The minimum atomic E-state index is -4.48. The van der Waals surface area contributed by atoms with E-state index in [1.165, 1.54) is 23.9 Å². The molecule has 1 aromatic carbocycles. The summed E-state index contributed by atoms with van der Waals surface area (Å²) in [5.74, 6) is 3.19. The van der Waals surface area contributed by atoms with Crippen LogP contribution in [-0.2, 0) is 22.8 Å². The Morgan fingerprint density at radius 3 is 2.52 bits per heavy atom. The van der Waals surface area contributed by atoms with Crippen LogP contribution in [0.2, 0.25) is 0 Å². The lowest BCUT2D eigenvalue weighted by Gasteiger charge is -2.05. The van der Waals surface area contributed by atoms with Crippen LogP contribution in [0, 0.1) is 18.8 Å². The number of rotatable bonds is 2. The van der Waals surface area contributed by atoms with Crippen molar-refractivity contribution in [2.24, 2.45) is 7.05 Å². The standard InChI is InChI=1S/C17H13F3N2O3/c1-10-13(14(22(2)21-10)15(23)16(24)25-3)8-7-11-5-4-6-12(9-11)17(18,19)20/h4-6,9H,1-3H3. The number of hydrogen-bond donors (Lipinski definition) is 0. The average Bonchev–Trinajstić information content (AvgIpc) is 2.84. The van der Waals surface area contributed by atoms with E-state index in [9.17, 15) is 22.8 Å². The highest BCUT2D eigenvalue weighted by atomic mass is 19.4. The van der Waals surface area contributed by atoms with Crippen LogP contribution in [-0.4, -0.2) is 28.6 Å². The Kier molecular flexibility index (Phi) is 4.97. The molecule has 0 fully saturated rings. The van der Waals surface area contributed by atoms with Crippen LogP contribution in [0.4, 0.5) is 13.2 Å². The van der Waals surface area contributed by atoms with E-state index < -0.39 is 23.5 Å². The second kappa shape index (κ2) is 6.81. The molecule has 0 saturated heterocycles. The van der Waals surface area contributed by atoms with Crippen molar-refractivity contribution in [1.82, 2.24) is 9.78 Å². The zero-order valence-corrected chi connectivity index (χ0v) is 13.6. The third kappa shape index (κ3) is 3.88. The summed E-state index contributed by atoms with van der Waals surface area (Å²) in [7, 11) is 2.52. The largest absolute Gasteiger partial charge is 0.463 e. The van der Waals surface area contributed by atoms with Crippen molar-refractivity contribution in [1.29, 1.82) is 0 Å². The number of hydrogen-bond acceptors (Lipinski definition) is 4. The molecule has 8 heteroatoms. The lowest BCUT2D eigenvalue weighted by molar-refractivity contribution is -0.137. The van der Waals surface area contributed by atoms with Gasteiger partial charge in [0.25, 0.3) is 5.78 Å². The summed E-state index contributed by atoms with van der Waals surface area (Å²) in [6, 6.07) is 4.49. The van der Waals surface area contributed by atoms with Gasteiger partial charge in [-0.2, -0.15) is 18.3 Å². The molecule has 130 valence electrons. The Hall–Kier alpha value is -3.08. The number of carbonyl (C=O) groups is 2. The average molecular weight is 350 g/mol. The molecule has 2 rings (SSSR count). The van der Waals surface area contributed by atoms with Crippen LogP contribution in [0.5, 0.6) is 0 Å². The molecule has 0 atom stereocenters. The van der Waals surface area contributed by atoms with Gasteiger partial charge in [-0.05, 0) is 25.1 Å². The summed E-state index contributed by atoms with van der Waals surface area (Å²) in [5.41, 5.74) is -0.254. The van der Waals surface area contributed by atoms with Crippen LogP contribution < -0.4 is 0 Å². The Morgan fingerprint density at radius 2 is 1.92 bits per heavy atom. The van der Waals surface area contributed by atoms with Crippen molar-refractivity contribution >= 4 is 11.8 Å². The quantitative estimate of drug-likeness (QED) is 0.361. The van der Waals surface area contributed by atoms with Crippen LogP contribution in [0.3, 0.4) is 0 Å². The van der Waals surface area contributed by atoms with Crippen molar-refractivity contribution < 1.29 is 27.5 Å². The zero-order valence-electron chi connectivity index (χ0n) is 13.6. The number of ketones is 1. The summed E-state index contributed by atoms with van der Waals surface area (Å²) in [4.78, 5) is 23.5. The number of alkyl halides is 3. The van der Waals surface area contributed by atoms with E-state index in [-0.39, 0.29) is 16.8 Å². The molecular formula is C17H13F3N2O3. The maximum absolute atomic E-state index is 12.7.